The van der Waals surface area contributed by atoms with E-state index in [0.29, 0.717) is 5.56 Å². The molecule has 0 fully saturated rings. The summed E-state index contributed by atoms with van der Waals surface area (Å²) in [6, 6.07) is 13.9. The highest BCUT2D eigenvalue weighted by Crippen LogP contribution is 2.49. The Morgan fingerprint density at radius 3 is 2.28 bits per heavy atom. The van der Waals surface area contributed by atoms with Gasteiger partial charge in [-0.05, 0) is 58.1 Å². The van der Waals surface area contributed by atoms with E-state index in [4.69, 9.17) is 5.11 Å². The van der Waals surface area contributed by atoms with Gasteiger partial charge in [0.15, 0.2) is 0 Å². The van der Waals surface area contributed by atoms with Crippen molar-refractivity contribution in [3.05, 3.63) is 76.4 Å². The van der Waals surface area contributed by atoms with E-state index in [2.05, 4.69) is 52.0 Å². The van der Waals surface area contributed by atoms with Crippen molar-refractivity contribution in [3.63, 3.8) is 0 Å². The topological polar surface area (TPSA) is 37.3 Å². The number of carboxylic acid groups (broad SMARTS) is 1. The molecule has 0 unspecified atom stereocenters. The Kier molecular flexibility index (Phi) is 4.32. The molecule has 130 valence electrons. The average Bonchev–Trinajstić information content (AvgIpc) is 2.72. The lowest BCUT2D eigenvalue weighted by atomic mass is 9.82. The minimum atomic E-state index is -0.890. The standard InChI is InChI=1S/C23H26O2/c1-22(2)15-23(3,4)20-14-17(10-13-19(20)22)7-5-6-16-8-11-18(12-9-16)21(24)25/h5-6,8-14H,7,15H2,1-4H3,(H,24,25)/b6-5+. The van der Waals surface area contributed by atoms with E-state index in [1.165, 1.54) is 23.1 Å². The van der Waals surface area contributed by atoms with Crippen molar-refractivity contribution in [2.75, 3.05) is 0 Å². The van der Waals surface area contributed by atoms with Crippen LogP contribution in [0.15, 0.2) is 48.5 Å². The molecule has 1 aliphatic carbocycles. The molecular weight excluding hydrogens is 308 g/mol. The van der Waals surface area contributed by atoms with Gasteiger partial charge in [0.05, 0.1) is 5.56 Å². The van der Waals surface area contributed by atoms with Crippen molar-refractivity contribution >= 4 is 12.0 Å². The van der Waals surface area contributed by atoms with Gasteiger partial charge < -0.3 is 5.11 Å². The Balaban J connectivity index is 1.75. The van der Waals surface area contributed by atoms with Gasteiger partial charge in [0.25, 0.3) is 0 Å². The van der Waals surface area contributed by atoms with Crippen LogP contribution in [-0.4, -0.2) is 11.1 Å². The first-order valence-electron chi connectivity index (χ1n) is 8.83. The van der Waals surface area contributed by atoms with Gasteiger partial charge in [0, 0.05) is 0 Å². The molecule has 1 N–H and O–H groups in total. The molecule has 0 atom stereocenters. The van der Waals surface area contributed by atoms with Crippen LogP contribution >= 0.6 is 0 Å². The van der Waals surface area contributed by atoms with E-state index in [1.54, 1.807) is 12.1 Å². The highest BCUT2D eigenvalue weighted by atomic mass is 16.4. The molecular formula is C23H26O2. The molecule has 3 rings (SSSR count). The van der Waals surface area contributed by atoms with Crippen LogP contribution in [0.3, 0.4) is 0 Å². The lowest BCUT2D eigenvalue weighted by molar-refractivity contribution is 0.0697. The molecule has 0 spiro atoms. The van der Waals surface area contributed by atoms with Crippen LogP contribution in [0.4, 0.5) is 0 Å². The third kappa shape index (κ3) is 3.53. The van der Waals surface area contributed by atoms with Gasteiger partial charge in [-0.15, -0.1) is 0 Å². The zero-order valence-corrected chi connectivity index (χ0v) is 15.5. The van der Waals surface area contributed by atoms with Crippen LogP contribution in [0.2, 0.25) is 0 Å². The third-order valence-electron chi connectivity index (χ3n) is 5.25. The number of aromatic carboxylic acids is 1. The molecule has 2 heteroatoms. The zero-order chi connectivity index (χ0) is 18.2. The summed E-state index contributed by atoms with van der Waals surface area (Å²) in [7, 11) is 0. The summed E-state index contributed by atoms with van der Waals surface area (Å²) in [5.41, 5.74) is 6.10. The first-order valence-corrected chi connectivity index (χ1v) is 8.83. The largest absolute Gasteiger partial charge is 0.478 e. The normalized spacial score (nSPS) is 17.6. The highest BCUT2D eigenvalue weighted by Gasteiger charge is 2.41. The van der Waals surface area contributed by atoms with E-state index < -0.39 is 5.97 Å². The second kappa shape index (κ2) is 6.18. The second-order valence-corrected chi connectivity index (χ2v) is 8.36. The molecule has 0 aromatic heterocycles. The molecule has 0 bridgehead atoms. The maximum atomic E-state index is 10.9. The Hall–Kier alpha value is -2.35. The number of rotatable bonds is 4. The lowest BCUT2D eigenvalue weighted by Gasteiger charge is -2.22. The maximum Gasteiger partial charge on any atom is 0.335 e. The van der Waals surface area contributed by atoms with Gasteiger partial charge in [0.2, 0.25) is 0 Å². The Labute approximate surface area is 150 Å². The first kappa shape index (κ1) is 17.5. The van der Waals surface area contributed by atoms with Crippen molar-refractivity contribution in [1.82, 2.24) is 0 Å². The lowest BCUT2D eigenvalue weighted by Crippen LogP contribution is -2.17. The van der Waals surface area contributed by atoms with Crippen molar-refractivity contribution in [2.45, 2.75) is 51.4 Å². The number of carboxylic acids is 1. The molecule has 2 aromatic rings. The predicted octanol–water partition coefficient (Wildman–Crippen LogP) is 5.60. The smallest absolute Gasteiger partial charge is 0.335 e. The molecule has 25 heavy (non-hydrogen) atoms. The van der Waals surface area contributed by atoms with Crippen molar-refractivity contribution in [1.29, 1.82) is 0 Å². The Morgan fingerprint density at radius 2 is 1.64 bits per heavy atom. The third-order valence-corrected chi connectivity index (χ3v) is 5.25. The summed E-state index contributed by atoms with van der Waals surface area (Å²) >= 11 is 0. The molecule has 0 aliphatic heterocycles. The van der Waals surface area contributed by atoms with Gasteiger partial charge in [-0.1, -0.05) is 70.2 Å². The van der Waals surface area contributed by atoms with Crippen LogP contribution in [-0.2, 0) is 17.3 Å². The summed E-state index contributed by atoms with van der Waals surface area (Å²) < 4.78 is 0. The number of hydrogen-bond donors (Lipinski definition) is 1. The minimum Gasteiger partial charge on any atom is -0.478 e. The molecule has 0 saturated carbocycles. The number of benzene rings is 2. The minimum absolute atomic E-state index is 0.227. The van der Waals surface area contributed by atoms with Crippen molar-refractivity contribution < 1.29 is 9.90 Å². The van der Waals surface area contributed by atoms with Gasteiger partial charge in [-0.25, -0.2) is 4.79 Å². The fourth-order valence-corrected chi connectivity index (χ4v) is 4.23. The molecule has 0 saturated heterocycles. The summed E-state index contributed by atoms with van der Waals surface area (Å²) in [4.78, 5) is 10.9. The maximum absolute atomic E-state index is 10.9. The first-order chi connectivity index (χ1) is 11.7. The van der Waals surface area contributed by atoms with Gasteiger partial charge >= 0.3 is 5.97 Å². The number of hydrogen-bond acceptors (Lipinski definition) is 1. The van der Waals surface area contributed by atoms with Gasteiger partial charge in [0.1, 0.15) is 0 Å². The summed E-state index contributed by atoms with van der Waals surface area (Å²) in [5, 5.41) is 8.94. The van der Waals surface area contributed by atoms with Crippen LogP contribution in [0.5, 0.6) is 0 Å². The SMILES string of the molecule is CC1(C)CC(C)(C)c2cc(C/C=C/c3ccc(C(=O)O)cc3)ccc21. The van der Waals surface area contributed by atoms with E-state index in [0.717, 1.165) is 12.0 Å². The van der Waals surface area contributed by atoms with E-state index in [-0.39, 0.29) is 10.8 Å². The summed E-state index contributed by atoms with van der Waals surface area (Å²) in [6.07, 6.45) is 6.26. The van der Waals surface area contributed by atoms with Crippen molar-refractivity contribution in [2.24, 2.45) is 0 Å². The van der Waals surface area contributed by atoms with Gasteiger partial charge in [-0.3, -0.25) is 0 Å². The summed E-state index contributed by atoms with van der Waals surface area (Å²) in [5.74, 6) is -0.890. The Morgan fingerprint density at radius 1 is 1.00 bits per heavy atom. The quantitative estimate of drug-likeness (QED) is 0.790. The van der Waals surface area contributed by atoms with E-state index >= 15 is 0 Å². The second-order valence-electron chi connectivity index (χ2n) is 8.36. The number of fused-ring (bicyclic) bond motifs is 1. The molecule has 0 radical (unpaired) electrons. The molecule has 2 nitrogen and oxygen atoms in total. The fraction of sp³-hybridized carbons (Fsp3) is 0.348. The molecule has 0 heterocycles. The monoisotopic (exact) mass is 334 g/mol. The van der Waals surface area contributed by atoms with E-state index in [9.17, 15) is 4.79 Å². The molecule has 0 amide bonds. The van der Waals surface area contributed by atoms with E-state index in [1.807, 2.05) is 18.2 Å². The van der Waals surface area contributed by atoms with Crippen LogP contribution in [0.1, 0.15) is 66.7 Å². The van der Waals surface area contributed by atoms with Crippen molar-refractivity contribution in [3.8, 4) is 0 Å². The number of allylic oxidation sites excluding steroid dienone is 1. The molecule has 1 aliphatic rings. The zero-order valence-electron chi connectivity index (χ0n) is 15.5. The highest BCUT2D eigenvalue weighted by molar-refractivity contribution is 5.87. The van der Waals surface area contributed by atoms with Crippen LogP contribution in [0.25, 0.3) is 6.08 Å². The fourth-order valence-electron chi connectivity index (χ4n) is 4.23. The molecule has 2 aromatic carbocycles. The predicted molar refractivity (Wildman–Crippen MR) is 103 cm³/mol. The average molecular weight is 334 g/mol. The van der Waals surface area contributed by atoms with Crippen LogP contribution < -0.4 is 0 Å². The van der Waals surface area contributed by atoms with Gasteiger partial charge in [-0.2, -0.15) is 0 Å². The summed E-state index contributed by atoms with van der Waals surface area (Å²) in [6.45, 7) is 9.34. The Bertz CT molecular complexity index is 824. The number of carbonyl (C=O) groups is 1. The van der Waals surface area contributed by atoms with Crippen LogP contribution in [0, 0.1) is 0 Å².